The molecule has 3 rings (SSSR count). The Labute approximate surface area is 152 Å². The molecule has 1 aromatic carbocycles. The van der Waals surface area contributed by atoms with Crippen molar-refractivity contribution >= 4 is 5.91 Å². The largest absolute Gasteiger partial charge is 0.489 e. The van der Waals surface area contributed by atoms with E-state index in [0.717, 1.165) is 11.5 Å². The molecule has 1 unspecified atom stereocenters. The van der Waals surface area contributed by atoms with Crippen molar-refractivity contribution in [3.05, 3.63) is 78.1 Å². The number of likely N-dealkylation sites (N-methyl/N-ethyl adjacent to an activating group) is 1. The average Bonchev–Trinajstić information content (AvgIpc) is 3.32. The second kappa shape index (κ2) is 8.40. The fourth-order valence-corrected chi connectivity index (χ4v) is 2.61. The van der Waals surface area contributed by atoms with Gasteiger partial charge in [0.2, 0.25) is 0 Å². The van der Waals surface area contributed by atoms with E-state index in [1.54, 1.807) is 12.3 Å². The highest BCUT2D eigenvalue weighted by atomic mass is 16.5. The Morgan fingerprint density at radius 1 is 1.08 bits per heavy atom. The minimum atomic E-state index is -0.278. The smallest absolute Gasteiger partial charge is 0.287 e. The van der Waals surface area contributed by atoms with E-state index in [-0.39, 0.29) is 24.3 Å². The van der Waals surface area contributed by atoms with Gasteiger partial charge in [-0.05, 0) is 44.4 Å². The van der Waals surface area contributed by atoms with Crippen LogP contribution in [0.4, 0.5) is 0 Å². The van der Waals surface area contributed by atoms with E-state index in [9.17, 15) is 4.79 Å². The molecule has 6 nitrogen and oxygen atoms in total. The Kier molecular flexibility index (Phi) is 5.76. The van der Waals surface area contributed by atoms with Gasteiger partial charge in [0.05, 0.1) is 18.6 Å². The monoisotopic (exact) mass is 354 g/mol. The maximum Gasteiger partial charge on any atom is 0.287 e. The molecule has 0 spiro atoms. The molecule has 0 aliphatic heterocycles. The van der Waals surface area contributed by atoms with Crippen LogP contribution in [0.15, 0.2) is 69.9 Å². The summed E-state index contributed by atoms with van der Waals surface area (Å²) < 4.78 is 16.5. The molecule has 6 heteroatoms. The van der Waals surface area contributed by atoms with Crippen LogP contribution in [-0.4, -0.2) is 31.4 Å². The quantitative estimate of drug-likeness (QED) is 0.671. The molecule has 0 saturated heterocycles. The first kappa shape index (κ1) is 17.8. The Hall–Kier alpha value is -2.99. The maximum absolute atomic E-state index is 12.5. The predicted octanol–water partition coefficient (Wildman–Crippen LogP) is 3.48. The number of carbonyl (C=O) groups is 1. The standard InChI is InChI=1S/C20H22N2O4/c1-22(2)17(18-9-6-11-24-18)13-21-20(23)19-15(10-12-25-19)14-26-16-7-4-3-5-8-16/h3-12,17H,13-14H2,1-2H3,(H,21,23). The number of hydrogen-bond donors (Lipinski definition) is 1. The fraction of sp³-hybridized carbons (Fsp3) is 0.250. The van der Waals surface area contributed by atoms with Gasteiger partial charge in [-0.2, -0.15) is 0 Å². The molecule has 1 atom stereocenters. The van der Waals surface area contributed by atoms with Crippen LogP contribution in [0.1, 0.15) is 27.9 Å². The zero-order chi connectivity index (χ0) is 18.4. The van der Waals surface area contributed by atoms with E-state index in [4.69, 9.17) is 13.6 Å². The highest BCUT2D eigenvalue weighted by Crippen LogP contribution is 2.19. The van der Waals surface area contributed by atoms with Crippen LogP contribution in [0.5, 0.6) is 5.75 Å². The molecule has 2 heterocycles. The van der Waals surface area contributed by atoms with Gasteiger partial charge in [-0.3, -0.25) is 9.69 Å². The Morgan fingerprint density at radius 2 is 1.88 bits per heavy atom. The molecule has 3 aromatic rings. The lowest BCUT2D eigenvalue weighted by Gasteiger charge is -2.22. The summed E-state index contributed by atoms with van der Waals surface area (Å²) in [4.78, 5) is 14.5. The number of hydrogen-bond acceptors (Lipinski definition) is 5. The third-order valence-corrected chi connectivity index (χ3v) is 4.04. The number of nitrogens with zero attached hydrogens (tertiary/aromatic N) is 1. The number of rotatable bonds is 8. The highest BCUT2D eigenvalue weighted by Gasteiger charge is 2.21. The lowest BCUT2D eigenvalue weighted by molar-refractivity contribution is 0.0908. The number of nitrogens with one attached hydrogen (secondary N) is 1. The third-order valence-electron chi connectivity index (χ3n) is 4.04. The zero-order valence-electron chi connectivity index (χ0n) is 14.8. The van der Waals surface area contributed by atoms with Crippen molar-refractivity contribution in [1.82, 2.24) is 10.2 Å². The lowest BCUT2D eigenvalue weighted by atomic mass is 10.2. The average molecular weight is 354 g/mol. The van der Waals surface area contributed by atoms with E-state index >= 15 is 0 Å². The molecule has 1 amide bonds. The van der Waals surface area contributed by atoms with Gasteiger partial charge in [0.1, 0.15) is 18.1 Å². The molecule has 26 heavy (non-hydrogen) atoms. The number of para-hydroxylation sites is 1. The van der Waals surface area contributed by atoms with Crippen molar-refractivity contribution in [3.63, 3.8) is 0 Å². The summed E-state index contributed by atoms with van der Waals surface area (Å²) in [5.41, 5.74) is 0.700. The number of furan rings is 2. The van der Waals surface area contributed by atoms with Gasteiger partial charge < -0.3 is 18.9 Å². The molecule has 0 radical (unpaired) electrons. The Bertz CT molecular complexity index is 809. The molecular weight excluding hydrogens is 332 g/mol. The predicted molar refractivity (Wildman–Crippen MR) is 97.0 cm³/mol. The molecular formula is C20H22N2O4. The van der Waals surface area contributed by atoms with Gasteiger partial charge in [0, 0.05) is 12.1 Å². The van der Waals surface area contributed by atoms with Gasteiger partial charge in [0.15, 0.2) is 5.76 Å². The number of ether oxygens (including phenoxy) is 1. The van der Waals surface area contributed by atoms with Crippen LogP contribution < -0.4 is 10.1 Å². The normalized spacial score (nSPS) is 12.1. The Morgan fingerprint density at radius 3 is 2.58 bits per heavy atom. The summed E-state index contributed by atoms with van der Waals surface area (Å²) in [6.45, 7) is 0.664. The van der Waals surface area contributed by atoms with Gasteiger partial charge in [0.25, 0.3) is 5.91 Å². The molecule has 0 bridgehead atoms. The van der Waals surface area contributed by atoms with Crippen LogP contribution >= 0.6 is 0 Å². The SMILES string of the molecule is CN(C)C(CNC(=O)c1occc1COc1ccccc1)c1ccco1. The van der Waals surface area contributed by atoms with Gasteiger partial charge in [-0.25, -0.2) is 0 Å². The minimum absolute atomic E-state index is 0.0621. The molecule has 1 N–H and O–H groups in total. The summed E-state index contributed by atoms with van der Waals surface area (Å²) in [6, 6.07) is 14.9. The van der Waals surface area contributed by atoms with Crippen molar-refractivity contribution in [2.45, 2.75) is 12.6 Å². The van der Waals surface area contributed by atoms with Crippen molar-refractivity contribution in [2.75, 3.05) is 20.6 Å². The first-order chi connectivity index (χ1) is 12.6. The molecule has 2 aromatic heterocycles. The van der Waals surface area contributed by atoms with Crippen molar-refractivity contribution in [3.8, 4) is 5.75 Å². The summed E-state index contributed by atoms with van der Waals surface area (Å²) in [5.74, 6) is 1.52. The second-order valence-corrected chi connectivity index (χ2v) is 6.08. The van der Waals surface area contributed by atoms with E-state index in [1.165, 1.54) is 6.26 Å². The first-order valence-electron chi connectivity index (χ1n) is 8.37. The second-order valence-electron chi connectivity index (χ2n) is 6.08. The van der Waals surface area contributed by atoms with Crippen LogP contribution in [0.25, 0.3) is 0 Å². The number of carbonyl (C=O) groups excluding carboxylic acids is 1. The summed E-state index contributed by atoms with van der Waals surface area (Å²) in [6.07, 6.45) is 3.12. The lowest BCUT2D eigenvalue weighted by Crippen LogP contribution is -2.34. The van der Waals surface area contributed by atoms with E-state index in [1.807, 2.05) is 61.5 Å². The van der Waals surface area contributed by atoms with E-state index < -0.39 is 0 Å². The summed E-state index contributed by atoms with van der Waals surface area (Å²) >= 11 is 0. The summed E-state index contributed by atoms with van der Waals surface area (Å²) in [7, 11) is 3.87. The van der Waals surface area contributed by atoms with Crippen molar-refractivity contribution in [1.29, 1.82) is 0 Å². The molecule has 0 fully saturated rings. The van der Waals surface area contributed by atoms with Crippen LogP contribution in [0, 0.1) is 0 Å². The molecule has 0 aliphatic rings. The maximum atomic E-state index is 12.5. The van der Waals surface area contributed by atoms with Crippen LogP contribution in [0.2, 0.25) is 0 Å². The molecule has 136 valence electrons. The highest BCUT2D eigenvalue weighted by molar-refractivity contribution is 5.92. The number of amides is 1. The summed E-state index contributed by atoms with van der Waals surface area (Å²) in [5, 5.41) is 2.90. The molecule has 0 aliphatic carbocycles. The topological polar surface area (TPSA) is 67.9 Å². The minimum Gasteiger partial charge on any atom is -0.489 e. The van der Waals surface area contributed by atoms with E-state index in [0.29, 0.717) is 12.1 Å². The van der Waals surface area contributed by atoms with Crippen LogP contribution in [-0.2, 0) is 6.61 Å². The molecule has 0 saturated carbocycles. The van der Waals surface area contributed by atoms with Crippen molar-refractivity contribution < 1.29 is 18.4 Å². The van der Waals surface area contributed by atoms with Gasteiger partial charge >= 0.3 is 0 Å². The van der Waals surface area contributed by atoms with Gasteiger partial charge in [-0.1, -0.05) is 18.2 Å². The van der Waals surface area contributed by atoms with Crippen LogP contribution in [0.3, 0.4) is 0 Å². The number of benzene rings is 1. The third kappa shape index (κ3) is 4.34. The Balaban J connectivity index is 1.61. The van der Waals surface area contributed by atoms with Crippen molar-refractivity contribution in [2.24, 2.45) is 0 Å². The van der Waals surface area contributed by atoms with Gasteiger partial charge in [-0.15, -0.1) is 0 Å². The zero-order valence-corrected chi connectivity index (χ0v) is 14.8. The fourth-order valence-electron chi connectivity index (χ4n) is 2.61. The first-order valence-corrected chi connectivity index (χ1v) is 8.37. The van der Waals surface area contributed by atoms with E-state index in [2.05, 4.69) is 5.32 Å².